The molecule has 0 unspecified atom stereocenters. The van der Waals surface area contributed by atoms with Crippen molar-refractivity contribution in [1.82, 2.24) is 10.2 Å². The highest BCUT2D eigenvalue weighted by molar-refractivity contribution is 6.35. The Morgan fingerprint density at radius 1 is 1.26 bits per heavy atom. The number of nitrogens with one attached hydrogen (secondary N) is 1. The summed E-state index contributed by atoms with van der Waals surface area (Å²) in [6.45, 7) is 6.54. The SMILES string of the molecule is CCCC[C@@H](c1ccc(Cl)cc1Cl)N1CCNCC1. The van der Waals surface area contributed by atoms with Crippen LogP contribution < -0.4 is 5.32 Å². The van der Waals surface area contributed by atoms with E-state index in [-0.39, 0.29) is 0 Å². The zero-order valence-electron chi connectivity index (χ0n) is 11.5. The van der Waals surface area contributed by atoms with E-state index in [1.807, 2.05) is 12.1 Å². The monoisotopic (exact) mass is 300 g/mol. The summed E-state index contributed by atoms with van der Waals surface area (Å²) in [7, 11) is 0. The molecule has 106 valence electrons. The number of benzene rings is 1. The van der Waals surface area contributed by atoms with E-state index in [9.17, 15) is 0 Å². The van der Waals surface area contributed by atoms with Crippen molar-refractivity contribution in [3.63, 3.8) is 0 Å². The van der Waals surface area contributed by atoms with Gasteiger partial charge >= 0.3 is 0 Å². The molecule has 0 aromatic heterocycles. The second-order valence-corrected chi connectivity index (χ2v) is 5.95. The van der Waals surface area contributed by atoms with Crippen molar-refractivity contribution >= 4 is 23.2 Å². The fraction of sp³-hybridized carbons (Fsp3) is 0.600. The van der Waals surface area contributed by atoms with E-state index >= 15 is 0 Å². The Balaban J connectivity index is 2.19. The lowest BCUT2D eigenvalue weighted by Gasteiger charge is -2.35. The molecule has 1 N–H and O–H groups in total. The Hall–Kier alpha value is -0.280. The molecule has 0 saturated carbocycles. The van der Waals surface area contributed by atoms with Gasteiger partial charge in [0.15, 0.2) is 0 Å². The minimum absolute atomic E-state index is 0.423. The molecule has 0 bridgehead atoms. The lowest BCUT2D eigenvalue weighted by atomic mass is 9.98. The standard InChI is InChI=1S/C15H22Cl2N2/c1-2-3-4-15(19-9-7-18-8-10-19)13-6-5-12(16)11-14(13)17/h5-6,11,15,18H,2-4,7-10H2,1H3/t15-/m0/s1. The van der Waals surface area contributed by atoms with Crippen LogP contribution in [0.25, 0.3) is 0 Å². The molecular formula is C15H22Cl2N2. The topological polar surface area (TPSA) is 15.3 Å². The molecule has 1 atom stereocenters. The first-order valence-corrected chi connectivity index (χ1v) is 7.87. The molecule has 1 aromatic rings. The molecule has 1 fully saturated rings. The van der Waals surface area contributed by atoms with Crippen LogP contribution in [-0.4, -0.2) is 31.1 Å². The zero-order valence-corrected chi connectivity index (χ0v) is 13.0. The van der Waals surface area contributed by atoms with Crippen LogP contribution in [-0.2, 0) is 0 Å². The number of hydrogen-bond donors (Lipinski definition) is 1. The Morgan fingerprint density at radius 3 is 2.63 bits per heavy atom. The van der Waals surface area contributed by atoms with Crippen LogP contribution in [0.5, 0.6) is 0 Å². The largest absolute Gasteiger partial charge is 0.314 e. The summed E-state index contributed by atoms with van der Waals surface area (Å²) in [5, 5.41) is 4.91. The molecule has 19 heavy (non-hydrogen) atoms. The van der Waals surface area contributed by atoms with E-state index in [0.717, 1.165) is 37.6 Å². The van der Waals surface area contributed by atoms with E-state index < -0.39 is 0 Å². The van der Waals surface area contributed by atoms with Gasteiger partial charge in [-0.3, -0.25) is 4.90 Å². The molecule has 1 heterocycles. The maximum Gasteiger partial charge on any atom is 0.0468 e. The van der Waals surface area contributed by atoms with Crippen molar-refractivity contribution in [3.05, 3.63) is 33.8 Å². The number of piperazine rings is 1. The highest BCUT2D eigenvalue weighted by Crippen LogP contribution is 2.33. The first kappa shape index (κ1) is 15.1. The van der Waals surface area contributed by atoms with Crippen molar-refractivity contribution in [2.24, 2.45) is 0 Å². The van der Waals surface area contributed by atoms with Gasteiger partial charge in [-0.05, 0) is 24.1 Å². The molecule has 4 heteroatoms. The van der Waals surface area contributed by atoms with E-state index in [1.54, 1.807) is 0 Å². The van der Waals surface area contributed by atoms with Gasteiger partial charge in [-0.25, -0.2) is 0 Å². The molecule has 1 aromatic carbocycles. The van der Waals surface area contributed by atoms with Crippen LogP contribution in [0.15, 0.2) is 18.2 Å². The second kappa shape index (κ2) is 7.49. The third-order valence-corrected chi connectivity index (χ3v) is 4.31. The summed E-state index contributed by atoms with van der Waals surface area (Å²) in [5.74, 6) is 0. The second-order valence-electron chi connectivity index (χ2n) is 5.11. The fourth-order valence-electron chi connectivity index (χ4n) is 2.70. The van der Waals surface area contributed by atoms with Gasteiger partial charge in [0.1, 0.15) is 0 Å². The molecule has 0 aliphatic carbocycles. The highest BCUT2D eigenvalue weighted by Gasteiger charge is 2.23. The van der Waals surface area contributed by atoms with Gasteiger partial charge in [-0.2, -0.15) is 0 Å². The number of hydrogen-bond acceptors (Lipinski definition) is 2. The maximum absolute atomic E-state index is 6.40. The maximum atomic E-state index is 6.40. The number of halogens is 2. The summed E-state index contributed by atoms with van der Waals surface area (Å²) in [6, 6.07) is 6.32. The third kappa shape index (κ3) is 4.09. The van der Waals surface area contributed by atoms with Crippen molar-refractivity contribution < 1.29 is 0 Å². The average Bonchev–Trinajstić information content (AvgIpc) is 2.42. The number of rotatable bonds is 5. The van der Waals surface area contributed by atoms with Crippen molar-refractivity contribution in [1.29, 1.82) is 0 Å². The Bertz CT molecular complexity index is 403. The van der Waals surface area contributed by atoms with Crippen LogP contribution in [0.2, 0.25) is 10.0 Å². The molecule has 2 rings (SSSR count). The molecular weight excluding hydrogens is 279 g/mol. The molecule has 1 saturated heterocycles. The number of unbranched alkanes of at least 4 members (excludes halogenated alkanes) is 1. The van der Waals surface area contributed by atoms with Crippen molar-refractivity contribution in [3.8, 4) is 0 Å². The first-order valence-electron chi connectivity index (χ1n) is 7.12. The number of nitrogens with zero attached hydrogens (tertiary/aromatic N) is 1. The molecule has 2 nitrogen and oxygen atoms in total. The summed E-state index contributed by atoms with van der Waals surface area (Å²) in [4.78, 5) is 2.54. The van der Waals surface area contributed by atoms with E-state index in [2.05, 4.69) is 23.2 Å². The van der Waals surface area contributed by atoms with E-state index in [4.69, 9.17) is 23.2 Å². The normalized spacial score (nSPS) is 18.5. The molecule has 1 aliphatic rings. The Morgan fingerprint density at radius 2 is 2.00 bits per heavy atom. The Kier molecular flexibility index (Phi) is 5.96. The minimum atomic E-state index is 0.423. The van der Waals surface area contributed by atoms with Gasteiger partial charge in [0.05, 0.1) is 0 Å². The van der Waals surface area contributed by atoms with E-state index in [1.165, 1.54) is 18.4 Å². The van der Waals surface area contributed by atoms with Gasteiger partial charge < -0.3 is 5.32 Å². The lowest BCUT2D eigenvalue weighted by Crippen LogP contribution is -2.45. The van der Waals surface area contributed by atoms with Gasteiger partial charge in [0.25, 0.3) is 0 Å². The summed E-state index contributed by atoms with van der Waals surface area (Å²) in [5.41, 5.74) is 1.22. The van der Waals surface area contributed by atoms with Crippen LogP contribution in [0.3, 0.4) is 0 Å². The van der Waals surface area contributed by atoms with Crippen LogP contribution in [0, 0.1) is 0 Å². The van der Waals surface area contributed by atoms with Crippen molar-refractivity contribution in [2.45, 2.75) is 32.2 Å². The summed E-state index contributed by atoms with van der Waals surface area (Å²) < 4.78 is 0. The Labute approximate surface area is 126 Å². The molecule has 0 radical (unpaired) electrons. The predicted octanol–water partition coefficient (Wildman–Crippen LogP) is 4.13. The minimum Gasteiger partial charge on any atom is -0.314 e. The highest BCUT2D eigenvalue weighted by atomic mass is 35.5. The quantitative estimate of drug-likeness (QED) is 0.879. The van der Waals surface area contributed by atoms with E-state index in [0.29, 0.717) is 11.1 Å². The fourth-order valence-corrected chi connectivity index (χ4v) is 3.23. The third-order valence-electron chi connectivity index (χ3n) is 3.74. The molecule has 0 amide bonds. The van der Waals surface area contributed by atoms with Gasteiger partial charge in [-0.1, -0.05) is 49.0 Å². The summed E-state index contributed by atoms with van der Waals surface area (Å²) >= 11 is 12.4. The smallest absolute Gasteiger partial charge is 0.0468 e. The van der Waals surface area contributed by atoms with Gasteiger partial charge in [-0.15, -0.1) is 0 Å². The molecule has 0 spiro atoms. The zero-order chi connectivity index (χ0) is 13.7. The van der Waals surface area contributed by atoms with Gasteiger partial charge in [0, 0.05) is 42.3 Å². The first-order chi connectivity index (χ1) is 9.22. The molecule has 1 aliphatic heterocycles. The predicted molar refractivity (Wildman–Crippen MR) is 83.2 cm³/mol. The van der Waals surface area contributed by atoms with Crippen LogP contribution in [0.1, 0.15) is 37.8 Å². The van der Waals surface area contributed by atoms with Crippen LogP contribution in [0.4, 0.5) is 0 Å². The van der Waals surface area contributed by atoms with Gasteiger partial charge in [0.2, 0.25) is 0 Å². The average molecular weight is 301 g/mol. The van der Waals surface area contributed by atoms with Crippen molar-refractivity contribution in [2.75, 3.05) is 26.2 Å². The summed E-state index contributed by atoms with van der Waals surface area (Å²) in [6.07, 6.45) is 3.61. The van der Waals surface area contributed by atoms with Crippen LogP contribution >= 0.6 is 23.2 Å². The lowest BCUT2D eigenvalue weighted by molar-refractivity contribution is 0.163.